The molecule has 1 atom stereocenters. The van der Waals surface area contributed by atoms with E-state index < -0.39 is 0 Å². The van der Waals surface area contributed by atoms with Crippen LogP contribution >= 0.6 is 12.2 Å². The largest absolute Gasteiger partial charge is 0.352 e. The summed E-state index contributed by atoms with van der Waals surface area (Å²) in [4.78, 5) is 17.5. The van der Waals surface area contributed by atoms with Crippen LogP contribution in [0.1, 0.15) is 37.0 Å². The Morgan fingerprint density at radius 1 is 1.60 bits per heavy atom. The zero-order valence-electron chi connectivity index (χ0n) is 12.2. The molecule has 0 aliphatic carbocycles. The molecule has 1 fully saturated rings. The van der Waals surface area contributed by atoms with E-state index in [9.17, 15) is 4.79 Å². The van der Waals surface area contributed by atoms with Crippen molar-refractivity contribution in [2.45, 2.75) is 32.7 Å². The number of carbonyl (C=O) groups excluding carboxylic acids is 1. The summed E-state index contributed by atoms with van der Waals surface area (Å²) in [5.74, 6) is 0.463. The van der Waals surface area contributed by atoms with E-state index in [1.807, 2.05) is 0 Å². The van der Waals surface area contributed by atoms with Crippen molar-refractivity contribution >= 4 is 18.1 Å². The van der Waals surface area contributed by atoms with Gasteiger partial charge in [-0.25, -0.2) is 0 Å². The van der Waals surface area contributed by atoms with Crippen LogP contribution in [0.2, 0.25) is 0 Å². The van der Waals surface area contributed by atoms with Crippen molar-refractivity contribution in [1.82, 2.24) is 15.2 Å². The van der Waals surface area contributed by atoms with Crippen LogP contribution in [0.3, 0.4) is 0 Å². The highest BCUT2D eigenvalue weighted by atomic mass is 32.1. The summed E-state index contributed by atoms with van der Waals surface area (Å²) < 4.78 is 0.498. The number of piperidine rings is 1. The predicted molar refractivity (Wildman–Crippen MR) is 83.4 cm³/mol. The highest BCUT2D eigenvalue weighted by Gasteiger charge is 2.22. The third-order valence-corrected chi connectivity index (χ3v) is 4.23. The van der Waals surface area contributed by atoms with Crippen molar-refractivity contribution < 1.29 is 4.79 Å². The Morgan fingerprint density at radius 2 is 2.40 bits per heavy atom. The first-order valence-corrected chi connectivity index (χ1v) is 7.68. The van der Waals surface area contributed by atoms with Crippen LogP contribution in [0.15, 0.2) is 18.3 Å². The third kappa shape index (κ3) is 3.90. The number of aromatic amines is 1. The average molecular weight is 293 g/mol. The Kier molecular flexibility index (Phi) is 5.31. The summed E-state index contributed by atoms with van der Waals surface area (Å²) in [6, 6.07) is 4.14. The van der Waals surface area contributed by atoms with Crippen molar-refractivity contribution in [3.8, 4) is 0 Å². The van der Waals surface area contributed by atoms with E-state index in [4.69, 9.17) is 12.2 Å². The number of nitrogens with zero attached hydrogens (tertiary/aromatic N) is 1. The second-order valence-corrected chi connectivity index (χ2v) is 6.13. The topological polar surface area (TPSA) is 48.1 Å². The zero-order valence-corrected chi connectivity index (χ0v) is 13.0. The summed E-state index contributed by atoms with van der Waals surface area (Å²) in [7, 11) is 0. The molecule has 1 amide bonds. The van der Waals surface area contributed by atoms with E-state index in [0.717, 1.165) is 13.1 Å². The zero-order chi connectivity index (χ0) is 14.5. The second kappa shape index (κ2) is 6.99. The fraction of sp³-hybridized carbons (Fsp3) is 0.600. The lowest BCUT2D eigenvalue weighted by atomic mass is 9.97. The van der Waals surface area contributed by atoms with Gasteiger partial charge in [0, 0.05) is 25.3 Å². The highest BCUT2D eigenvalue weighted by molar-refractivity contribution is 7.71. The van der Waals surface area contributed by atoms with E-state index in [1.165, 1.54) is 19.4 Å². The molecule has 1 saturated heterocycles. The number of likely N-dealkylation sites (tertiary alicyclic amines) is 1. The minimum Gasteiger partial charge on any atom is -0.352 e. The number of hydrogen-bond donors (Lipinski definition) is 2. The van der Waals surface area contributed by atoms with E-state index >= 15 is 0 Å². The summed E-state index contributed by atoms with van der Waals surface area (Å²) in [5, 5.41) is 3.02. The van der Waals surface area contributed by atoms with Crippen LogP contribution in [0.4, 0.5) is 0 Å². The van der Waals surface area contributed by atoms with E-state index in [-0.39, 0.29) is 5.91 Å². The minimum absolute atomic E-state index is 0.0754. The molecule has 110 valence electrons. The number of H-pyrrole nitrogens is 1. The molecule has 5 heteroatoms. The Balaban J connectivity index is 1.88. The van der Waals surface area contributed by atoms with Gasteiger partial charge in [-0.15, -0.1) is 0 Å². The second-order valence-electron chi connectivity index (χ2n) is 5.72. The van der Waals surface area contributed by atoms with E-state index in [1.54, 1.807) is 18.3 Å². The number of hydrogen-bond acceptors (Lipinski definition) is 3. The SMILES string of the molecule is CC(C)N1CCCC(CNC(=O)c2ccc[nH]c2=S)C1. The molecule has 2 N–H and O–H groups in total. The van der Waals surface area contributed by atoms with Crippen LogP contribution in [-0.4, -0.2) is 41.5 Å². The third-order valence-electron chi connectivity index (χ3n) is 3.89. The lowest BCUT2D eigenvalue weighted by Gasteiger charge is -2.35. The Hall–Kier alpha value is -1.20. The van der Waals surface area contributed by atoms with Crippen molar-refractivity contribution in [3.63, 3.8) is 0 Å². The van der Waals surface area contributed by atoms with E-state index in [2.05, 4.69) is 29.0 Å². The maximum Gasteiger partial charge on any atom is 0.254 e. The lowest BCUT2D eigenvalue weighted by molar-refractivity contribution is 0.0922. The van der Waals surface area contributed by atoms with Gasteiger partial charge in [0.05, 0.1) is 5.56 Å². The molecule has 20 heavy (non-hydrogen) atoms. The molecule has 4 nitrogen and oxygen atoms in total. The molecule has 0 saturated carbocycles. The van der Waals surface area contributed by atoms with Crippen molar-refractivity contribution in [2.75, 3.05) is 19.6 Å². The first-order valence-electron chi connectivity index (χ1n) is 7.28. The van der Waals surface area contributed by atoms with Crippen molar-refractivity contribution in [1.29, 1.82) is 0 Å². The van der Waals surface area contributed by atoms with Gasteiger partial charge in [0.2, 0.25) is 0 Å². The van der Waals surface area contributed by atoms with Crippen molar-refractivity contribution in [2.24, 2.45) is 5.92 Å². The fourth-order valence-corrected chi connectivity index (χ4v) is 2.89. The van der Waals surface area contributed by atoms with Crippen LogP contribution in [0.25, 0.3) is 0 Å². The number of aromatic nitrogens is 1. The van der Waals surface area contributed by atoms with Gasteiger partial charge in [-0.05, 0) is 51.3 Å². The number of nitrogens with one attached hydrogen (secondary N) is 2. The molecular weight excluding hydrogens is 270 g/mol. The molecule has 1 unspecified atom stereocenters. The van der Waals surface area contributed by atoms with Crippen LogP contribution < -0.4 is 5.32 Å². The van der Waals surface area contributed by atoms with Gasteiger partial charge in [-0.3, -0.25) is 4.79 Å². The number of carbonyl (C=O) groups is 1. The van der Waals surface area contributed by atoms with Gasteiger partial charge in [0.15, 0.2) is 0 Å². The van der Waals surface area contributed by atoms with Crippen LogP contribution in [0.5, 0.6) is 0 Å². The average Bonchev–Trinajstić information content (AvgIpc) is 2.45. The van der Waals surface area contributed by atoms with Gasteiger partial charge in [-0.1, -0.05) is 12.2 Å². The number of amides is 1. The molecule has 0 aromatic carbocycles. The summed E-state index contributed by atoms with van der Waals surface area (Å²) in [6.07, 6.45) is 4.13. The number of pyridine rings is 1. The minimum atomic E-state index is -0.0754. The monoisotopic (exact) mass is 293 g/mol. The molecule has 0 bridgehead atoms. The molecule has 2 heterocycles. The first-order chi connectivity index (χ1) is 9.58. The molecule has 1 aliphatic rings. The molecule has 1 aromatic rings. The summed E-state index contributed by atoms with van der Waals surface area (Å²) in [5.41, 5.74) is 0.555. The van der Waals surface area contributed by atoms with E-state index in [0.29, 0.717) is 22.2 Å². The maximum absolute atomic E-state index is 12.1. The van der Waals surface area contributed by atoms with Crippen LogP contribution in [-0.2, 0) is 0 Å². The first kappa shape index (κ1) is 15.2. The molecule has 0 spiro atoms. The van der Waals surface area contributed by atoms with Gasteiger partial charge in [0.25, 0.3) is 5.91 Å². The summed E-state index contributed by atoms with van der Waals surface area (Å²) >= 11 is 5.13. The van der Waals surface area contributed by atoms with Gasteiger partial charge in [-0.2, -0.15) is 0 Å². The molecular formula is C15H23N3OS. The van der Waals surface area contributed by atoms with Crippen LogP contribution in [0, 0.1) is 10.6 Å². The Bertz CT molecular complexity index is 512. The van der Waals surface area contributed by atoms with Crippen molar-refractivity contribution in [3.05, 3.63) is 28.5 Å². The molecule has 0 radical (unpaired) electrons. The number of rotatable bonds is 4. The quantitative estimate of drug-likeness (QED) is 0.839. The smallest absolute Gasteiger partial charge is 0.254 e. The molecule has 2 rings (SSSR count). The summed E-state index contributed by atoms with van der Waals surface area (Å²) in [6.45, 7) is 7.42. The normalized spacial score (nSPS) is 20.1. The van der Waals surface area contributed by atoms with Gasteiger partial charge in [0.1, 0.15) is 4.64 Å². The molecule has 1 aromatic heterocycles. The Labute approximate surface area is 125 Å². The van der Waals surface area contributed by atoms with Gasteiger partial charge < -0.3 is 15.2 Å². The lowest BCUT2D eigenvalue weighted by Crippen LogP contribution is -2.43. The highest BCUT2D eigenvalue weighted by Crippen LogP contribution is 2.17. The van der Waals surface area contributed by atoms with Gasteiger partial charge >= 0.3 is 0 Å². The standard InChI is InChI=1S/C15H23N3OS/c1-11(2)18-8-4-5-12(10-18)9-17-14(19)13-6-3-7-16-15(13)20/h3,6-7,11-12H,4-5,8-10H2,1-2H3,(H,16,20)(H,17,19). The maximum atomic E-state index is 12.1. The Morgan fingerprint density at radius 3 is 3.10 bits per heavy atom. The molecule has 1 aliphatic heterocycles. The fourth-order valence-electron chi connectivity index (χ4n) is 2.67. The predicted octanol–water partition coefficient (Wildman–Crippen LogP) is 2.59.